The fraction of sp³-hybridized carbons (Fsp3) is 0.333. The van der Waals surface area contributed by atoms with Gasteiger partial charge in [-0.15, -0.1) is 0 Å². The van der Waals surface area contributed by atoms with Crippen molar-refractivity contribution in [2.75, 3.05) is 23.7 Å². The van der Waals surface area contributed by atoms with Crippen LogP contribution in [0.15, 0.2) is 78.9 Å². The van der Waals surface area contributed by atoms with E-state index in [-0.39, 0.29) is 16.7 Å². The zero-order chi connectivity index (χ0) is 23.8. The number of hydrogen-bond donors (Lipinski definition) is 2. The maximum absolute atomic E-state index is 11.8. The summed E-state index contributed by atoms with van der Waals surface area (Å²) in [4.78, 5) is 13.9. The third-order valence-corrected chi connectivity index (χ3v) is 5.78. The molecule has 3 aromatic carbocycles. The molecule has 33 heavy (non-hydrogen) atoms. The highest BCUT2D eigenvalue weighted by molar-refractivity contribution is 5.69. The number of nitrogens with zero attached hydrogens (tertiary/aromatic N) is 2. The molecule has 0 spiro atoms. The van der Waals surface area contributed by atoms with Gasteiger partial charge < -0.3 is 10.6 Å². The Hall–Kier alpha value is -3.38. The molecule has 0 atom stereocenters. The van der Waals surface area contributed by atoms with Crippen LogP contribution in [-0.4, -0.2) is 35.0 Å². The fourth-order valence-electron chi connectivity index (χ4n) is 4.17. The quantitative estimate of drug-likeness (QED) is 0.266. The van der Waals surface area contributed by atoms with Crippen LogP contribution in [-0.2, 0) is 0 Å². The van der Waals surface area contributed by atoms with Crippen molar-refractivity contribution in [2.45, 2.75) is 45.8 Å². The number of hydrogen-bond acceptors (Lipinski definition) is 5. The molecule has 0 unspecified atom stereocenters. The minimum atomic E-state index is -0.335. The molecule has 6 heteroatoms. The van der Waals surface area contributed by atoms with Gasteiger partial charge in [-0.1, -0.05) is 60.7 Å². The first-order valence-corrected chi connectivity index (χ1v) is 11.5. The molecule has 0 bridgehead atoms. The first kappa shape index (κ1) is 24.3. The van der Waals surface area contributed by atoms with Crippen LogP contribution in [0, 0.1) is 10.1 Å². The molecule has 3 aromatic rings. The van der Waals surface area contributed by atoms with Crippen LogP contribution < -0.4 is 10.6 Å². The lowest BCUT2D eigenvalue weighted by atomic mass is 9.98. The van der Waals surface area contributed by atoms with Crippen LogP contribution >= 0.6 is 0 Å². The standard InChI is InChI=1S/C27H34N4O2/c1-20(2)30(21(3)4)18-17-28-24-15-16-26(31(32)33)25(19-24)29-27(22-11-7-5-8-12-22)23-13-9-6-10-14-23/h5-16,19-21,27-29H,17-18H2,1-4H3. The van der Waals surface area contributed by atoms with Gasteiger partial charge in [0.1, 0.15) is 5.69 Å². The summed E-state index contributed by atoms with van der Waals surface area (Å²) in [7, 11) is 0. The Morgan fingerprint density at radius 2 is 1.39 bits per heavy atom. The zero-order valence-corrected chi connectivity index (χ0v) is 19.9. The summed E-state index contributed by atoms with van der Waals surface area (Å²) in [5.74, 6) is 0. The normalized spacial score (nSPS) is 11.4. The Balaban J connectivity index is 1.86. The van der Waals surface area contributed by atoms with E-state index in [1.807, 2.05) is 66.7 Å². The van der Waals surface area contributed by atoms with Gasteiger partial charge in [0.15, 0.2) is 0 Å². The Morgan fingerprint density at radius 3 is 1.88 bits per heavy atom. The molecule has 0 aliphatic heterocycles. The van der Waals surface area contributed by atoms with Gasteiger partial charge >= 0.3 is 0 Å². The van der Waals surface area contributed by atoms with Crippen LogP contribution in [0.25, 0.3) is 0 Å². The lowest BCUT2D eigenvalue weighted by molar-refractivity contribution is -0.384. The molecule has 2 N–H and O–H groups in total. The Morgan fingerprint density at radius 1 is 0.848 bits per heavy atom. The topological polar surface area (TPSA) is 70.4 Å². The number of benzene rings is 3. The molecular weight excluding hydrogens is 412 g/mol. The Bertz CT molecular complexity index is 975. The lowest BCUT2D eigenvalue weighted by Gasteiger charge is -2.30. The second kappa shape index (κ2) is 11.5. The van der Waals surface area contributed by atoms with Gasteiger partial charge in [-0.05, 0) is 51.0 Å². The third-order valence-electron chi connectivity index (χ3n) is 5.78. The van der Waals surface area contributed by atoms with E-state index in [0.717, 1.165) is 29.9 Å². The molecule has 0 radical (unpaired) electrons. The summed E-state index contributed by atoms with van der Waals surface area (Å²) in [6.45, 7) is 10.4. The van der Waals surface area contributed by atoms with Crippen LogP contribution in [0.4, 0.5) is 17.1 Å². The van der Waals surface area contributed by atoms with Crippen molar-refractivity contribution in [2.24, 2.45) is 0 Å². The summed E-state index contributed by atoms with van der Waals surface area (Å²) in [5, 5.41) is 18.7. The van der Waals surface area contributed by atoms with Crippen molar-refractivity contribution >= 4 is 17.1 Å². The van der Waals surface area contributed by atoms with Crippen LogP contribution in [0.1, 0.15) is 44.9 Å². The fourth-order valence-corrected chi connectivity index (χ4v) is 4.17. The van der Waals surface area contributed by atoms with Crippen LogP contribution in [0.5, 0.6) is 0 Å². The summed E-state index contributed by atoms with van der Waals surface area (Å²) >= 11 is 0. The highest BCUT2D eigenvalue weighted by atomic mass is 16.6. The molecule has 0 aliphatic rings. The first-order valence-electron chi connectivity index (χ1n) is 11.5. The van der Waals surface area contributed by atoms with Gasteiger partial charge in [-0.3, -0.25) is 15.0 Å². The molecule has 0 fully saturated rings. The first-order chi connectivity index (χ1) is 15.9. The lowest BCUT2D eigenvalue weighted by Crippen LogP contribution is -2.40. The predicted molar refractivity (Wildman–Crippen MR) is 137 cm³/mol. The minimum Gasteiger partial charge on any atom is -0.384 e. The minimum absolute atomic E-state index is 0.0587. The molecular formula is C27H34N4O2. The predicted octanol–water partition coefficient (Wildman–Crippen LogP) is 6.33. The van der Waals surface area contributed by atoms with Gasteiger partial charge in [0.2, 0.25) is 0 Å². The molecule has 6 nitrogen and oxygen atoms in total. The van der Waals surface area contributed by atoms with Crippen molar-refractivity contribution in [1.82, 2.24) is 4.90 Å². The Kier molecular flexibility index (Phi) is 8.44. The third kappa shape index (κ3) is 6.56. The van der Waals surface area contributed by atoms with Crippen molar-refractivity contribution in [3.8, 4) is 0 Å². The second-order valence-electron chi connectivity index (χ2n) is 8.74. The molecule has 174 valence electrons. The number of rotatable bonds is 11. The van der Waals surface area contributed by atoms with Gasteiger partial charge in [-0.2, -0.15) is 0 Å². The van der Waals surface area contributed by atoms with E-state index >= 15 is 0 Å². The van der Waals surface area contributed by atoms with Gasteiger partial charge in [0.25, 0.3) is 5.69 Å². The summed E-state index contributed by atoms with van der Waals surface area (Å²) in [6, 6.07) is 25.9. The van der Waals surface area contributed by atoms with E-state index in [9.17, 15) is 10.1 Å². The second-order valence-corrected chi connectivity index (χ2v) is 8.74. The SMILES string of the molecule is CC(C)N(CCNc1ccc([N+](=O)[O-])c(NC(c2ccccc2)c2ccccc2)c1)C(C)C. The largest absolute Gasteiger partial charge is 0.384 e. The smallest absolute Gasteiger partial charge is 0.292 e. The average Bonchev–Trinajstić information content (AvgIpc) is 2.81. The van der Waals surface area contributed by atoms with E-state index < -0.39 is 0 Å². The highest BCUT2D eigenvalue weighted by Crippen LogP contribution is 2.33. The van der Waals surface area contributed by atoms with Gasteiger partial charge in [0.05, 0.1) is 11.0 Å². The molecule has 0 saturated heterocycles. The summed E-state index contributed by atoms with van der Waals surface area (Å²) < 4.78 is 0. The maximum Gasteiger partial charge on any atom is 0.292 e. The number of nitro benzene ring substituents is 1. The summed E-state index contributed by atoms with van der Waals surface area (Å²) in [6.07, 6.45) is 0. The van der Waals surface area contributed by atoms with Crippen molar-refractivity contribution < 1.29 is 4.92 Å². The molecule has 0 heterocycles. The van der Waals surface area contributed by atoms with Crippen molar-refractivity contribution in [3.63, 3.8) is 0 Å². The van der Waals surface area contributed by atoms with Gasteiger partial charge in [0, 0.05) is 36.9 Å². The molecule has 0 amide bonds. The van der Waals surface area contributed by atoms with Crippen LogP contribution in [0.3, 0.4) is 0 Å². The summed E-state index contributed by atoms with van der Waals surface area (Å²) in [5.41, 5.74) is 3.49. The molecule has 0 saturated carbocycles. The van der Waals surface area contributed by atoms with E-state index in [0.29, 0.717) is 17.8 Å². The van der Waals surface area contributed by atoms with E-state index in [4.69, 9.17) is 0 Å². The maximum atomic E-state index is 11.8. The van der Waals surface area contributed by atoms with Crippen molar-refractivity contribution in [3.05, 3.63) is 100 Å². The number of nitro groups is 1. The number of anilines is 2. The number of nitrogens with one attached hydrogen (secondary N) is 2. The monoisotopic (exact) mass is 446 g/mol. The molecule has 0 aromatic heterocycles. The van der Waals surface area contributed by atoms with Crippen LogP contribution in [0.2, 0.25) is 0 Å². The zero-order valence-electron chi connectivity index (χ0n) is 19.9. The Labute approximate surface area is 196 Å². The van der Waals surface area contributed by atoms with Gasteiger partial charge in [-0.25, -0.2) is 0 Å². The molecule has 3 rings (SSSR count). The van der Waals surface area contributed by atoms with E-state index in [2.05, 4.69) is 43.2 Å². The molecule has 0 aliphatic carbocycles. The van der Waals surface area contributed by atoms with Crippen molar-refractivity contribution in [1.29, 1.82) is 0 Å². The van der Waals surface area contributed by atoms with E-state index in [1.165, 1.54) is 0 Å². The highest BCUT2D eigenvalue weighted by Gasteiger charge is 2.20. The van der Waals surface area contributed by atoms with E-state index in [1.54, 1.807) is 12.1 Å². The average molecular weight is 447 g/mol.